The van der Waals surface area contributed by atoms with Crippen molar-refractivity contribution in [2.24, 2.45) is 11.7 Å². The van der Waals surface area contributed by atoms with Crippen molar-refractivity contribution in [1.82, 2.24) is 4.90 Å². The first-order valence-corrected chi connectivity index (χ1v) is 6.86. The highest BCUT2D eigenvalue weighted by molar-refractivity contribution is 4.87. The average molecular weight is 210 g/mol. The largest absolute Gasteiger partial charge is 0.330 e. The first-order valence-electron chi connectivity index (χ1n) is 6.86. The number of nitrogens with two attached hydrogens (primary N) is 1. The molecule has 1 heterocycles. The first-order chi connectivity index (χ1) is 7.42. The minimum Gasteiger partial charge on any atom is -0.330 e. The lowest BCUT2D eigenvalue weighted by Gasteiger charge is -2.44. The molecule has 0 spiro atoms. The fraction of sp³-hybridized carbons (Fsp3) is 1.00. The summed E-state index contributed by atoms with van der Waals surface area (Å²) in [6.45, 7) is 3.52. The van der Waals surface area contributed by atoms with Gasteiger partial charge in [-0.05, 0) is 64.1 Å². The quantitative estimate of drug-likeness (QED) is 0.722. The lowest BCUT2D eigenvalue weighted by Crippen LogP contribution is -2.47. The van der Waals surface area contributed by atoms with E-state index in [1.807, 2.05) is 0 Å². The smallest absolute Gasteiger partial charge is 0.0123 e. The Hall–Kier alpha value is -0.0800. The van der Waals surface area contributed by atoms with E-state index >= 15 is 0 Å². The summed E-state index contributed by atoms with van der Waals surface area (Å²) in [5.41, 5.74) is 5.56. The SMILES string of the molecule is NCCCCN1CCC[C@H]2CCCC[C@H]21. The second-order valence-electron chi connectivity index (χ2n) is 5.29. The van der Waals surface area contributed by atoms with Crippen molar-refractivity contribution in [2.45, 2.75) is 57.4 Å². The third-order valence-corrected chi connectivity index (χ3v) is 4.26. The molecule has 15 heavy (non-hydrogen) atoms. The fourth-order valence-corrected chi connectivity index (χ4v) is 3.46. The summed E-state index contributed by atoms with van der Waals surface area (Å²) in [5.74, 6) is 1.03. The Morgan fingerprint density at radius 2 is 1.80 bits per heavy atom. The fourth-order valence-electron chi connectivity index (χ4n) is 3.46. The summed E-state index contributed by atoms with van der Waals surface area (Å²) >= 11 is 0. The van der Waals surface area contributed by atoms with E-state index in [4.69, 9.17) is 5.73 Å². The molecule has 2 heteroatoms. The number of hydrogen-bond donors (Lipinski definition) is 1. The third kappa shape index (κ3) is 2.94. The summed E-state index contributed by atoms with van der Waals surface area (Å²) in [7, 11) is 0. The Balaban J connectivity index is 1.81. The molecule has 0 aromatic carbocycles. The number of hydrogen-bond acceptors (Lipinski definition) is 2. The van der Waals surface area contributed by atoms with Crippen molar-refractivity contribution < 1.29 is 0 Å². The van der Waals surface area contributed by atoms with E-state index in [1.165, 1.54) is 64.5 Å². The Labute approximate surface area is 94.2 Å². The Morgan fingerprint density at radius 3 is 2.67 bits per heavy atom. The van der Waals surface area contributed by atoms with Crippen LogP contribution in [0.4, 0.5) is 0 Å². The number of piperidine rings is 1. The number of unbranched alkanes of at least 4 members (excludes halogenated alkanes) is 1. The van der Waals surface area contributed by atoms with Gasteiger partial charge in [0.2, 0.25) is 0 Å². The molecule has 0 amide bonds. The van der Waals surface area contributed by atoms with Crippen LogP contribution in [0.25, 0.3) is 0 Å². The normalized spacial score (nSPS) is 32.6. The Kier molecular flexibility index (Phi) is 4.45. The topological polar surface area (TPSA) is 29.3 Å². The highest BCUT2D eigenvalue weighted by atomic mass is 15.2. The minimum absolute atomic E-state index is 0.863. The van der Waals surface area contributed by atoms with Gasteiger partial charge in [-0.3, -0.25) is 0 Å². The van der Waals surface area contributed by atoms with Gasteiger partial charge in [0.05, 0.1) is 0 Å². The van der Waals surface area contributed by atoms with E-state index < -0.39 is 0 Å². The number of nitrogens with zero attached hydrogens (tertiary/aromatic N) is 1. The number of rotatable bonds is 4. The van der Waals surface area contributed by atoms with Gasteiger partial charge in [-0.2, -0.15) is 0 Å². The van der Waals surface area contributed by atoms with E-state index in [1.54, 1.807) is 0 Å². The van der Waals surface area contributed by atoms with Crippen molar-refractivity contribution in [1.29, 1.82) is 0 Å². The molecule has 2 fully saturated rings. The van der Waals surface area contributed by atoms with Crippen molar-refractivity contribution in [2.75, 3.05) is 19.6 Å². The van der Waals surface area contributed by atoms with Gasteiger partial charge in [-0.15, -0.1) is 0 Å². The summed E-state index contributed by atoms with van der Waals surface area (Å²) in [6, 6.07) is 0.935. The maximum atomic E-state index is 5.56. The third-order valence-electron chi connectivity index (χ3n) is 4.26. The predicted molar refractivity (Wildman–Crippen MR) is 64.8 cm³/mol. The van der Waals surface area contributed by atoms with Crippen molar-refractivity contribution in [3.63, 3.8) is 0 Å². The molecule has 2 nitrogen and oxygen atoms in total. The highest BCUT2D eigenvalue weighted by Crippen LogP contribution is 2.35. The minimum atomic E-state index is 0.863. The van der Waals surface area contributed by atoms with Gasteiger partial charge >= 0.3 is 0 Å². The van der Waals surface area contributed by atoms with Gasteiger partial charge in [0.25, 0.3) is 0 Å². The predicted octanol–water partition coefficient (Wildman–Crippen LogP) is 2.38. The van der Waals surface area contributed by atoms with Crippen LogP contribution >= 0.6 is 0 Å². The molecular formula is C13H26N2. The molecule has 1 aliphatic heterocycles. The lowest BCUT2D eigenvalue weighted by molar-refractivity contribution is 0.0598. The molecule has 1 saturated carbocycles. The average Bonchev–Trinajstić information content (AvgIpc) is 2.30. The molecule has 0 aromatic rings. The van der Waals surface area contributed by atoms with Gasteiger partial charge in [-0.25, -0.2) is 0 Å². The van der Waals surface area contributed by atoms with E-state index in [0.717, 1.165) is 18.5 Å². The van der Waals surface area contributed by atoms with E-state index in [0.29, 0.717) is 0 Å². The second-order valence-corrected chi connectivity index (χ2v) is 5.29. The summed E-state index contributed by atoms with van der Waals surface area (Å²) in [4.78, 5) is 2.77. The van der Waals surface area contributed by atoms with Crippen LogP contribution in [0.2, 0.25) is 0 Å². The standard InChI is InChI=1S/C13H26N2/c14-9-3-4-10-15-11-5-7-12-6-1-2-8-13(12)15/h12-13H,1-11,14H2/t12-,13-/m1/s1. The van der Waals surface area contributed by atoms with Crippen LogP contribution in [0.1, 0.15) is 51.4 Å². The highest BCUT2D eigenvalue weighted by Gasteiger charge is 2.32. The molecule has 88 valence electrons. The van der Waals surface area contributed by atoms with Crippen molar-refractivity contribution in [3.05, 3.63) is 0 Å². The molecule has 2 rings (SSSR count). The molecule has 2 aliphatic rings. The van der Waals surface area contributed by atoms with Crippen molar-refractivity contribution >= 4 is 0 Å². The molecule has 0 unspecified atom stereocenters. The Morgan fingerprint density at radius 1 is 1.00 bits per heavy atom. The molecule has 2 atom stereocenters. The van der Waals surface area contributed by atoms with Crippen molar-refractivity contribution in [3.8, 4) is 0 Å². The van der Waals surface area contributed by atoms with Gasteiger partial charge < -0.3 is 10.6 Å². The van der Waals surface area contributed by atoms with Crippen LogP contribution in [-0.4, -0.2) is 30.6 Å². The van der Waals surface area contributed by atoms with Crippen LogP contribution in [0, 0.1) is 5.92 Å². The molecular weight excluding hydrogens is 184 g/mol. The van der Waals surface area contributed by atoms with Crippen LogP contribution in [0.5, 0.6) is 0 Å². The molecule has 0 radical (unpaired) electrons. The number of likely N-dealkylation sites (tertiary alicyclic amines) is 1. The second kappa shape index (κ2) is 5.86. The number of fused-ring (bicyclic) bond motifs is 1. The van der Waals surface area contributed by atoms with Crippen LogP contribution in [-0.2, 0) is 0 Å². The zero-order valence-corrected chi connectivity index (χ0v) is 9.96. The van der Waals surface area contributed by atoms with Crippen LogP contribution in [0.15, 0.2) is 0 Å². The van der Waals surface area contributed by atoms with Gasteiger partial charge in [0.1, 0.15) is 0 Å². The lowest BCUT2D eigenvalue weighted by atomic mass is 9.78. The zero-order chi connectivity index (χ0) is 10.5. The molecule has 1 aliphatic carbocycles. The monoisotopic (exact) mass is 210 g/mol. The first kappa shape index (κ1) is 11.4. The molecule has 0 bridgehead atoms. The molecule has 1 saturated heterocycles. The zero-order valence-electron chi connectivity index (χ0n) is 9.96. The van der Waals surface area contributed by atoms with Gasteiger partial charge in [0, 0.05) is 6.04 Å². The summed E-state index contributed by atoms with van der Waals surface area (Å²) in [6.07, 6.45) is 11.4. The van der Waals surface area contributed by atoms with Crippen LogP contribution < -0.4 is 5.73 Å². The maximum absolute atomic E-state index is 5.56. The molecule has 2 N–H and O–H groups in total. The van der Waals surface area contributed by atoms with Crippen LogP contribution in [0.3, 0.4) is 0 Å². The van der Waals surface area contributed by atoms with Gasteiger partial charge in [0.15, 0.2) is 0 Å². The maximum Gasteiger partial charge on any atom is 0.0123 e. The summed E-state index contributed by atoms with van der Waals surface area (Å²) in [5, 5.41) is 0. The van der Waals surface area contributed by atoms with E-state index in [9.17, 15) is 0 Å². The Bertz CT molecular complexity index is 179. The van der Waals surface area contributed by atoms with E-state index in [-0.39, 0.29) is 0 Å². The summed E-state index contributed by atoms with van der Waals surface area (Å²) < 4.78 is 0. The van der Waals surface area contributed by atoms with E-state index in [2.05, 4.69) is 4.90 Å². The van der Waals surface area contributed by atoms with Gasteiger partial charge in [-0.1, -0.05) is 12.8 Å². The molecule has 0 aromatic heterocycles.